The topological polar surface area (TPSA) is 59.0 Å². The maximum Gasteiger partial charge on any atom is 0.225 e. The minimum absolute atomic E-state index is 0.105. The van der Waals surface area contributed by atoms with Crippen LogP contribution in [0.5, 0.6) is 0 Å². The van der Waals surface area contributed by atoms with Crippen LogP contribution in [-0.2, 0) is 4.79 Å². The van der Waals surface area contributed by atoms with E-state index in [0.717, 1.165) is 23.6 Å². The van der Waals surface area contributed by atoms with Gasteiger partial charge in [0.25, 0.3) is 0 Å². The predicted molar refractivity (Wildman–Crippen MR) is 90.6 cm³/mol. The van der Waals surface area contributed by atoms with Gasteiger partial charge < -0.3 is 10.6 Å². The molecule has 3 rings (SSSR count). The molecule has 0 bridgehead atoms. The molecule has 5 nitrogen and oxygen atoms in total. The number of carbonyl (C=O) groups excluding carboxylic acids is 1. The molecule has 0 saturated carbocycles. The fraction of sp³-hybridized carbons (Fsp3) is 0.375. The van der Waals surface area contributed by atoms with Crippen molar-refractivity contribution in [3.63, 3.8) is 0 Å². The van der Waals surface area contributed by atoms with Crippen LogP contribution in [0.2, 0.25) is 0 Å². The summed E-state index contributed by atoms with van der Waals surface area (Å²) in [6, 6.07) is 4.82. The van der Waals surface area contributed by atoms with Crippen molar-refractivity contribution < 1.29 is 9.18 Å². The number of nitrogens with zero attached hydrogens (tertiary/aromatic N) is 2. The molecule has 0 aliphatic carbocycles. The molecule has 1 aromatic heterocycles. The van der Waals surface area contributed by atoms with E-state index in [1.807, 2.05) is 18.7 Å². The average Bonchev–Trinajstić information content (AvgIpc) is 2.94. The Morgan fingerprint density at radius 3 is 3.09 bits per heavy atom. The van der Waals surface area contributed by atoms with E-state index in [4.69, 9.17) is 0 Å². The minimum Gasteiger partial charge on any atom is -0.326 e. The maximum atomic E-state index is 14.2. The van der Waals surface area contributed by atoms with Gasteiger partial charge in [-0.15, -0.1) is 0 Å². The Bertz CT molecular complexity index is 697. The molecule has 0 radical (unpaired) electrons. The summed E-state index contributed by atoms with van der Waals surface area (Å²) >= 11 is 1.84. The van der Waals surface area contributed by atoms with Crippen LogP contribution in [0.25, 0.3) is 5.69 Å². The van der Waals surface area contributed by atoms with E-state index in [9.17, 15) is 9.18 Å². The Labute approximate surface area is 138 Å². The molecule has 7 heteroatoms. The van der Waals surface area contributed by atoms with Gasteiger partial charge in [0.1, 0.15) is 5.69 Å². The van der Waals surface area contributed by atoms with Crippen molar-refractivity contribution in [1.82, 2.24) is 15.1 Å². The Balaban J connectivity index is 1.64. The van der Waals surface area contributed by atoms with E-state index < -0.39 is 5.82 Å². The van der Waals surface area contributed by atoms with Crippen molar-refractivity contribution in [1.29, 1.82) is 0 Å². The summed E-state index contributed by atoms with van der Waals surface area (Å²) in [6.07, 6.45) is 3.82. The van der Waals surface area contributed by atoms with Crippen LogP contribution in [0, 0.1) is 12.7 Å². The van der Waals surface area contributed by atoms with Gasteiger partial charge in [0.15, 0.2) is 5.82 Å². The summed E-state index contributed by atoms with van der Waals surface area (Å²) in [7, 11) is 0. The summed E-state index contributed by atoms with van der Waals surface area (Å²) < 4.78 is 15.7. The molecule has 1 unspecified atom stereocenters. The fourth-order valence-electron chi connectivity index (χ4n) is 2.50. The van der Waals surface area contributed by atoms with Crippen LogP contribution in [-0.4, -0.2) is 39.8 Å². The fourth-order valence-corrected chi connectivity index (χ4v) is 3.45. The van der Waals surface area contributed by atoms with Crippen LogP contribution in [0.4, 0.5) is 10.1 Å². The van der Waals surface area contributed by atoms with Crippen LogP contribution in [0.3, 0.4) is 0 Å². The second kappa shape index (κ2) is 7.14. The van der Waals surface area contributed by atoms with Gasteiger partial charge in [-0.05, 0) is 30.7 Å². The molecule has 1 aliphatic heterocycles. The van der Waals surface area contributed by atoms with E-state index in [0.29, 0.717) is 17.8 Å². The smallest absolute Gasteiger partial charge is 0.225 e. The van der Waals surface area contributed by atoms with Gasteiger partial charge in [-0.3, -0.25) is 4.79 Å². The van der Waals surface area contributed by atoms with Gasteiger partial charge in [0, 0.05) is 42.4 Å². The molecule has 1 atom stereocenters. The Morgan fingerprint density at radius 2 is 2.43 bits per heavy atom. The van der Waals surface area contributed by atoms with E-state index in [1.54, 1.807) is 24.5 Å². The van der Waals surface area contributed by atoms with Crippen molar-refractivity contribution in [2.45, 2.75) is 19.4 Å². The van der Waals surface area contributed by atoms with Gasteiger partial charge >= 0.3 is 0 Å². The summed E-state index contributed by atoms with van der Waals surface area (Å²) in [6.45, 7) is 2.82. The second-order valence-electron chi connectivity index (χ2n) is 5.61. The largest absolute Gasteiger partial charge is 0.326 e. The number of hydrogen-bond donors (Lipinski definition) is 2. The first-order valence-electron chi connectivity index (χ1n) is 7.54. The molecule has 2 N–H and O–H groups in total. The highest BCUT2D eigenvalue weighted by atomic mass is 32.2. The first kappa shape index (κ1) is 16.0. The highest BCUT2D eigenvalue weighted by molar-refractivity contribution is 7.99. The Hall–Kier alpha value is -1.86. The third kappa shape index (κ3) is 4.11. The van der Waals surface area contributed by atoms with Gasteiger partial charge in [0.05, 0.1) is 6.20 Å². The lowest BCUT2D eigenvalue weighted by atomic mass is 10.2. The van der Waals surface area contributed by atoms with Crippen molar-refractivity contribution in [3.8, 4) is 5.69 Å². The molecule has 23 heavy (non-hydrogen) atoms. The Morgan fingerprint density at radius 1 is 1.57 bits per heavy atom. The minimum atomic E-state index is -0.419. The van der Waals surface area contributed by atoms with Crippen molar-refractivity contribution in [2.24, 2.45) is 0 Å². The molecule has 1 saturated heterocycles. The maximum absolute atomic E-state index is 14.2. The second-order valence-corrected chi connectivity index (χ2v) is 6.76. The summed E-state index contributed by atoms with van der Waals surface area (Å²) in [5, 5.41) is 10.2. The van der Waals surface area contributed by atoms with Crippen LogP contribution in [0.1, 0.15) is 12.0 Å². The number of thioether (sulfide) groups is 1. The number of halogens is 1. The average molecular weight is 334 g/mol. The number of benzene rings is 1. The van der Waals surface area contributed by atoms with E-state index in [1.165, 1.54) is 10.7 Å². The number of carbonyl (C=O) groups is 1. The van der Waals surface area contributed by atoms with E-state index in [-0.39, 0.29) is 11.9 Å². The third-order valence-corrected chi connectivity index (χ3v) is 4.75. The standard InChI is InChI=1S/C16H19FN4OS/c1-11-8-19-21(9-11)15-3-2-12(6-14(15)17)20-16(22)7-13-10-23-5-4-18-13/h2-3,6,8-9,13,18H,4-5,7,10H2,1H3,(H,20,22). The highest BCUT2D eigenvalue weighted by Crippen LogP contribution is 2.19. The molecule has 122 valence electrons. The van der Waals surface area contributed by atoms with Crippen LogP contribution in [0.15, 0.2) is 30.6 Å². The molecular weight excluding hydrogens is 315 g/mol. The van der Waals surface area contributed by atoms with Crippen LogP contribution < -0.4 is 10.6 Å². The molecule has 1 fully saturated rings. The molecule has 1 amide bonds. The number of anilines is 1. The van der Waals surface area contributed by atoms with Gasteiger partial charge in [-0.1, -0.05) is 0 Å². The number of rotatable bonds is 4. The third-order valence-electron chi connectivity index (χ3n) is 3.62. The summed E-state index contributed by atoms with van der Waals surface area (Å²) in [5.41, 5.74) is 1.78. The first-order chi connectivity index (χ1) is 11.1. The lowest BCUT2D eigenvalue weighted by Gasteiger charge is -2.22. The molecule has 1 aromatic carbocycles. The molecule has 2 heterocycles. The molecule has 1 aliphatic rings. The first-order valence-corrected chi connectivity index (χ1v) is 8.69. The van der Waals surface area contributed by atoms with E-state index >= 15 is 0 Å². The summed E-state index contributed by atoms with van der Waals surface area (Å²) in [5.74, 6) is 1.49. The van der Waals surface area contributed by atoms with Gasteiger partial charge in [-0.25, -0.2) is 9.07 Å². The normalized spacial score (nSPS) is 17.9. The SMILES string of the molecule is Cc1cnn(-c2ccc(NC(=O)CC3CSCCN3)cc2F)c1. The number of aromatic nitrogens is 2. The van der Waals surface area contributed by atoms with Gasteiger partial charge in [-0.2, -0.15) is 16.9 Å². The number of amides is 1. The number of aryl methyl sites for hydroxylation is 1. The lowest BCUT2D eigenvalue weighted by molar-refractivity contribution is -0.116. The lowest BCUT2D eigenvalue weighted by Crippen LogP contribution is -2.39. The zero-order chi connectivity index (χ0) is 16.2. The zero-order valence-corrected chi connectivity index (χ0v) is 13.7. The van der Waals surface area contributed by atoms with E-state index in [2.05, 4.69) is 15.7 Å². The monoisotopic (exact) mass is 334 g/mol. The van der Waals surface area contributed by atoms with Crippen molar-refractivity contribution >= 4 is 23.4 Å². The molecule has 2 aromatic rings. The quantitative estimate of drug-likeness (QED) is 0.901. The molecule has 0 spiro atoms. The van der Waals surface area contributed by atoms with Crippen molar-refractivity contribution in [2.75, 3.05) is 23.4 Å². The van der Waals surface area contributed by atoms with Gasteiger partial charge in [0.2, 0.25) is 5.91 Å². The number of nitrogens with one attached hydrogen (secondary N) is 2. The van der Waals surface area contributed by atoms with Crippen LogP contribution >= 0.6 is 11.8 Å². The highest BCUT2D eigenvalue weighted by Gasteiger charge is 2.17. The zero-order valence-electron chi connectivity index (χ0n) is 12.9. The predicted octanol–water partition coefficient (Wildman–Crippen LogP) is 2.35. The summed E-state index contributed by atoms with van der Waals surface area (Å²) in [4.78, 5) is 12.0. The Kier molecular flexibility index (Phi) is 4.97. The van der Waals surface area contributed by atoms with Crippen molar-refractivity contribution in [3.05, 3.63) is 42.0 Å². The molecular formula is C16H19FN4OS. The number of hydrogen-bond acceptors (Lipinski definition) is 4.